The number of imidazole rings is 1. The molecule has 1 aromatic carbocycles. The number of hydrogen-bond donors (Lipinski definition) is 1. The number of hydrogen-bond acceptors (Lipinski definition) is 2. The second-order valence-corrected chi connectivity index (χ2v) is 5.17. The topological polar surface area (TPSA) is 43.8 Å². The number of nitrogen functional groups attached to an aromatic ring is 1. The van der Waals surface area contributed by atoms with Gasteiger partial charge in [-0.2, -0.15) is 0 Å². The number of anilines is 1. The molecule has 0 unspecified atom stereocenters. The predicted molar refractivity (Wildman–Crippen MR) is 71.0 cm³/mol. The number of fused-ring (bicyclic) bond motifs is 1. The highest BCUT2D eigenvalue weighted by atomic mass is 15.2. The summed E-state index contributed by atoms with van der Waals surface area (Å²) in [6.07, 6.45) is 5.08. The lowest BCUT2D eigenvalue weighted by atomic mass is 9.74. The van der Waals surface area contributed by atoms with E-state index in [1.165, 1.54) is 31.2 Å². The van der Waals surface area contributed by atoms with Crippen molar-refractivity contribution in [2.24, 2.45) is 0 Å². The first-order valence-corrected chi connectivity index (χ1v) is 6.41. The fourth-order valence-corrected chi connectivity index (χ4v) is 3.14. The summed E-state index contributed by atoms with van der Waals surface area (Å²) >= 11 is 0. The fourth-order valence-electron chi connectivity index (χ4n) is 3.14. The molecule has 1 saturated carbocycles. The van der Waals surface area contributed by atoms with E-state index in [0.29, 0.717) is 5.54 Å². The SMILES string of the molecule is CCC1(n2c(C)nc3cc(N)ccc32)CCC1. The molecule has 17 heavy (non-hydrogen) atoms. The second-order valence-electron chi connectivity index (χ2n) is 5.17. The van der Waals surface area contributed by atoms with Gasteiger partial charge in [-0.3, -0.25) is 0 Å². The van der Waals surface area contributed by atoms with Gasteiger partial charge in [-0.25, -0.2) is 4.98 Å². The maximum Gasteiger partial charge on any atom is 0.107 e. The van der Waals surface area contributed by atoms with Crippen LogP contribution in [0.3, 0.4) is 0 Å². The average Bonchev–Trinajstić information content (AvgIpc) is 2.55. The number of nitrogens with zero attached hydrogens (tertiary/aromatic N) is 2. The molecule has 1 aliphatic rings. The summed E-state index contributed by atoms with van der Waals surface area (Å²) in [5.74, 6) is 1.12. The Morgan fingerprint density at radius 1 is 1.41 bits per heavy atom. The Morgan fingerprint density at radius 3 is 2.76 bits per heavy atom. The number of rotatable bonds is 2. The summed E-state index contributed by atoms with van der Waals surface area (Å²) in [5.41, 5.74) is 9.19. The average molecular weight is 229 g/mol. The van der Waals surface area contributed by atoms with Gasteiger partial charge in [-0.05, 0) is 50.8 Å². The largest absolute Gasteiger partial charge is 0.399 e. The van der Waals surface area contributed by atoms with Gasteiger partial charge in [-0.15, -0.1) is 0 Å². The number of benzene rings is 1. The van der Waals surface area contributed by atoms with E-state index in [2.05, 4.69) is 29.5 Å². The molecule has 2 N–H and O–H groups in total. The summed E-state index contributed by atoms with van der Waals surface area (Å²) in [7, 11) is 0. The molecule has 3 nitrogen and oxygen atoms in total. The molecule has 1 aliphatic carbocycles. The molecule has 3 heteroatoms. The van der Waals surface area contributed by atoms with Crippen molar-refractivity contribution in [3.63, 3.8) is 0 Å². The zero-order chi connectivity index (χ0) is 12.0. The molecule has 0 radical (unpaired) electrons. The smallest absolute Gasteiger partial charge is 0.107 e. The Balaban J connectivity index is 2.25. The van der Waals surface area contributed by atoms with Gasteiger partial charge in [-0.1, -0.05) is 6.92 Å². The van der Waals surface area contributed by atoms with Crippen LogP contribution in [0.15, 0.2) is 18.2 Å². The van der Waals surface area contributed by atoms with Crippen LogP contribution < -0.4 is 5.73 Å². The van der Waals surface area contributed by atoms with Crippen LogP contribution in [-0.4, -0.2) is 9.55 Å². The van der Waals surface area contributed by atoms with E-state index >= 15 is 0 Å². The van der Waals surface area contributed by atoms with Gasteiger partial charge in [0.05, 0.1) is 11.0 Å². The van der Waals surface area contributed by atoms with Crippen LogP contribution in [0.1, 0.15) is 38.4 Å². The zero-order valence-corrected chi connectivity index (χ0v) is 10.5. The molecule has 2 aromatic rings. The van der Waals surface area contributed by atoms with Crippen LogP contribution >= 0.6 is 0 Å². The van der Waals surface area contributed by atoms with Crippen LogP contribution in [0.5, 0.6) is 0 Å². The van der Waals surface area contributed by atoms with Crippen LogP contribution in [0, 0.1) is 6.92 Å². The van der Waals surface area contributed by atoms with Crippen LogP contribution in [0.4, 0.5) is 5.69 Å². The molecule has 0 saturated heterocycles. The van der Waals surface area contributed by atoms with E-state index < -0.39 is 0 Å². The number of nitrogens with two attached hydrogens (primary N) is 1. The third-order valence-corrected chi connectivity index (χ3v) is 4.26. The molecule has 0 amide bonds. The Labute approximate surface area is 102 Å². The van der Waals surface area contributed by atoms with E-state index in [4.69, 9.17) is 5.73 Å². The summed E-state index contributed by atoms with van der Waals surface area (Å²) in [5, 5.41) is 0. The van der Waals surface area contributed by atoms with Crippen molar-refractivity contribution in [1.29, 1.82) is 0 Å². The molecule has 1 heterocycles. The molecular formula is C14H19N3. The number of aryl methyl sites for hydroxylation is 1. The first kappa shape index (κ1) is 10.6. The van der Waals surface area contributed by atoms with Gasteiger partial charge < -0.3 is 10.3 Å². The molecule has 1 aromatic heterocycles. The van der Waals surface area contributed by atoms with E-state index in [-0.39, 0.29) is 0 Å². The normalized spacial score (nSPS) is 18.2. The maximum absolute atomic E-state index is 5.82. The van der Waals surface area contributed by atoms with Crippen molar-refractivity contribution in [2.45, 2.75) is 45.1 Å². The molecule has 90 valence electrons. The third kappa shape index (κ3) is 1.38. The van der Waals surface area contributed by atoms with E-state index in [1.54, 1.807) is 0 Å². The van der Waals surface area contributed by atoms with E-state index in [0.717, 1.165) is 17.0 Å². The maximum atomic E-state index is 5.82. The van der Waals surface area contributed by atoms with Gasteiger partial charge in [0.1, 0.15) is 5.82 Å². The second kappa shape index (κ2) is 3.49. The zero-order valence-electron chi connectivity index (χ0n) is 10.5. The van der Waals surface area contributed by atoms with Crippen molar-refractivity contribution < 1.29 is 0 Å². The van der Waals surface area contributed by atoms with Gasteiger partial charge in [0.15, 0.2) is 0 Å². The summed E-state index contributed by atoms with van der Waals surface area (Å²) in [4.78, 5) is 4.65. The van der Waals surface area contributed by atoms with Crippen molar-refractivity contribution in [2.75, 3.05) is 5.73 Å². The van der Waals surface area contributed by atoms with Gasteiger partial charge in [0, 0.05) is 11.2 Å². The fraction of sp³-hybridized carbons (Fsp3) is 0.500. The Bertz CT molecular complexity index is 559. The lowest BCUT2D eigenvalue weighted by Crippen LogP contribution is -2.40. The highest BCUT2D eigenvalue weighted by Crippen LogP contribution is 2.44. The molecule has 3 rings (SSSR count). The quantitative estimate of drug-likeness (QED) is 0.803. The lowest BCUT2D eigenvalue weighted by molar-refractivity contribution is 0.139. The van der Waals surface area contributed by atoms with E-state index in [1.807, 2.05) is 12.1 Å². The molecule has 0 spiro atoms. The standard InChI is InChI=1S/C14H19N3/c1-3-14(7-4-8-14)17-10(2)16-12-9-11(15)5-6-13(12)17/h5-6,9H,3-4,7-8,15H2,1-2H3. The minimum Gasteiger partial charge on any atom is -0.399 e. The Hall–Kier alpha value is -1.51. The third-order valence-electron chi connectivity index (χ3n) is 4.26. The molecule has 0 atom stereocenters. The lowest BCUT2D eigenvalue weighted by Gasteiger charge is -2.43. The minimum atomic E-state index is 0.314. The summed E-state index contributed by atoms with van der Waals surface area (Å²) < 4.78 is 2.44. The minimum absolute atomic E-state index is 0.314. The first-order valence-electron chi connectivity index (χ1n) is 6.41. The van der Waals surface area contributed by atoms with Crippen molar-refractivity contribution >= 4 is 16.7 Å². The van der Waals surface area contributed by atoms with Gasteiger partial charge >= 0.3 is 0 Å². The Kier molecular flexibility index (Phi) is 2.18. The highest BCUT2D eigenvalue weighted by molar-refractivity contribution is 5.80. The monoisotopic (exact) mass is 229 g/mol. The predicted octanol–water partition coefficient (Wildman–Crippen LogP) is 3.22. The summed E-state index contributed by atoms with van der Waals surface area (Å²) in [6.45, 7) is 4.38. The van der Waals surface area contributed by atoms with Crippen LogP contribution in [-0.2, 0) is 5.54 Å². The number of aromatic nitrogens is 2. The van der Waals surface area contributed by atoms with Crippen molar-refractivity contribution in [1.82, 2.24) is 9.55 Å². The van der Waals surface area contributed by atoms with Crippen LogP contribution in [0.2, 0.25) is 0 Å². The van der Waals surface area contributed by atoms with Gasteiger partial charge in [0.2, 0.25) is 0 Å². The first-order chi connectivity index (χ1) is 8.16. The van der Waals surface area contributed by atoms with Gasteiger partial charge in [0.25, 0.3) is 0 Å². The Morgan fingerprint density at radius 2 is 2.18 bits per heavy atom. The molecule has 0 aliphatic heterocycles. The highest BCUT2D eigenvalue weighted by Gasteiger charge is 2.38. The van der Waals surface area contributed by atoms with E-state index in [9.17, 15) is 0 Å². The molecule has 0 bridgehead atoms. The van der Waals surface area contributed by atoms with Crippen molar-refractivity contribution in [3.05, 3.63) is 24.0 Å². The molecule has 1 fully saturated rings. The van der Waals surface area contributed by atoms with Crippen molar-refractivity contribution in [3.8, 4) is 0 Å². The molecular weight excluding hydrogens is 210 g/mol. The van der Waals surface area contributed by atoms with Crippen LogP contribution in [0.25, 0.3) is 11.0 Å². The summed E-state index contributed by atoms with van der Waals surface area (Å²) in [6, 6.07) is 6.06.